The van der Waals surface area contributed by atoms with E-state index in [0.29, 0.717) is 17.8 Å². The fourth-order valence-electron chi connectivity index (χ4n) is 4.73. The lowest BCUT2D eigenvalue weighted by atomic mass is 9.99. The van der Waals surface area contributed by atoms with E-state index in [1.165, 1.54) is 24.3 Å². The number of anilines is 1. The normalized spacial score (nSPS) is 18.4. The van der Waals surface area contributed by atoms with E-state index in [9.17, 15) is 22.4 Å². The van der Waals surface area contributed by atoms with Crippen molar-refractivity contribution in [2.45, 2.75) is 37.9 Å². The van der Waals surface area contributed by atoms with Crippen LogP contribution in [0, 0.1) is 11.6 Å². The molecule has 1 aliphatic rings. The molecule has 5 nitrogen and oxygen atoms in total. The van der Waals surface area contributed by atoms with Crippen molar-refractivity contribution in [3.63, 3.8) is 0 Å². The summed E-state index contributed by atoms with van der Waals surface area (Å²) in [6.07, 6.45) is 1.69. The average Bonchev–Trinajstić information content (AvgIpc) is 3.37. The number of carbonyl (C=O) groups is 1. The topological polar surface area (TPSA) is 50.2 Å². The van der Waals surface area contributed by atoms with E-state index >= 15 is 0 Å². The van der Waals surface area contributed by atoms with Gasteiger partial charge in [0.25, 0.3) is 5.92 Å². The van der Waals surface area contributed by atoms with Crippen LogP contribution < -0.4 is 10.2 Å². The van der Waals surface area contributed by atoms with Crippen LogP contribution in [0.15, 0.2) is 72.9 Å². The van der Waals surface area contributed by atoms with E-state index < -0.39 is 30.4 Å². The number of rotatable bonds is 7. The zero-order chi connectivity index (χ0) is 25.4. The number of aromatic nitrogens is 2. The molecule has 0 unspecified atom stereocenters. The molecule has 2 atom stereocenters. The Hall–Kier alpha value is -3.72. The summed E-state index contributed by atoms with van der Waals surface area (Å²) in [6, 6.07) is 16.2. The molecule has 0 bridgehead atoms. The molecule has 0 saturated carbocycles. The fourth-order valence-corrected chi connectivity index (χ4v) is 4.73. The molecule has 1 saturated heterocycles. The molecular formula is C27H24F4N4O. The van der Waals surface area contributed by atoms with Crippen LogP contribution in [-0.2, 0) is 11.3 Å². The molecule has 3 aromatic carbocycles. The van der Waals surface area contributed by atoms with Gasteiger partial charge in [0.05, 0.1) is 30.8 Å². The fraction of sp³-hybridized carbons (Fsp3) is 0.259. The maximum atomic E-state index is 13.6. The molecule has 1 aromatic heterocycles. The minimum absolute atomic E-state index is 0.0228. The molecule has 186 valence electrons. The van der Waals surface area contributed by atoms with Crippen molar-refractivity contribution >= 4 is 22.5 Å². The van der Waals surface area contributed by atoms with Crippen LogP contribution in [0.5, 0.6) is 0 Å². The second-order valence-corrected chi connectivity index (χ2v) is 9.20. The first-order chi connectivity index (χ1) is 17.2. The van der Waals surface area contributed by atoms with Crippen molar-refractivity contribution in [3.8, 4) is 0 Å². The molecule has 0 spiro atoms. The molecule has 0 radical (unpaired) electrons. The number of nitrogens with one attached hydrogen (secondary N) is 1. The van der Waals surface area contributed by atoms with Gasteiger partial charge in [-0.05, 0) is 53.6 Å². The van der Waals surface area contributed by atoms with Crippen LogP contribution in [-0.4, -0.2) is 34.2 Å². The van der Waals surface area contributed by atoms with Crippen molar-refractivity contribution in [1.82, 2.24) is 15.1 Å². The standard InChI is InChI=1S/C27H24F4N4O/c1-27(30,31)16-32-23-13-25(36)35(26(23)18-5-7-20(28)8-6-18)22-9-10-24-19(12-22)14-33-34(24)15-17-3-2-4-21(29)11-17/h2-12,14,23,26,32H,13,15-16H2,1H3/t23-,26+/m1/s1. The Kier molecular flexibility index (Phi) is 6.26. The van der Waals surface area contributed by atoms with E-state index in [1.54, 1.807) is 40.0 Å². The largest absolute Gasteiger partial charge is 0.305 e. The molecule has 1 fully saturated rings. The predicted octanol–water partition coefficient (Wildman–Crippen LogP) is 5.45. The number of carbonyl (C=O) groups excluding carboxylic acids is 1. The van der Waals surface area contributed by atoms with Crippen LogP contribution in [0.4, 0.5) is 23.2 Å². The second kappa shape index (κ2) is 9.39. The highest BCUT2D eigenvalue weighted by Crippen LogP contribution is 2.39. The summed E-state index contributed by atoms with van der Waals surface area (Å²) >= 11 is 0. The van der Waals surface area contributed by atoms with Gasteiger partial charge in [0, 0.05) is 30.5 Å². The molecule has 5 rings (SSSR count). The molecule has 36 heavy (non-hydrogen) atoms. The maximum Gasteiger partial charge on any atom is 0.257 e. The van der Waals surface area contributed by atoms with Crippen LogP contribution >= 0.6 is 0 Å². The molecule has 0 aliphatic carbocycles. The molecule has 9 heteroatoms. The Morgan fingerprint density at radius 1 is 1.03 bits per heavy atom. The molecule has 1 aliphatic heterocycles. The third-order valence-corrected chi connectivity index (χ3v) is 6.33. The van der Waals surface area contributed by atoms with Gasteiger partial charge in [0.1, 0.15) is 11.6 Å². The van der Waals surface area contributed by atoms with E-state index in [0.717, 1.165) is 23.4 Å². The lowest BCUT2D eigenvalue weighted by molar-refractivity contribution is -0.117. The summed E-state index contributed by atoms with van der Waals surface area (Å²) in [5.74, 6) is -3.92. The first kappa shape index (κ1) is 24.0. The smallest absolute Gasteiger partial charge is 0.257 e. The number of amides is 1. The number of hydrogen-bond donors (Lipinski definition) is 1. The SMILES string of the molecule is CC(F)(F)CN[C@@H]1CC(=O)N(c2ccc3c(cnn3Cc3cccc(F)c3)c2)[C@H]1c1ccc(F)cc1. The Labute approximate surface area is 205 Å². The van der Waals surface area contributed by atoms with Crippen LogP contribution in [0.3, 0.4) is 0 Å². The number of benzene rings is 3. The highest BCUT2D eigenvalue weighted by molar-refractivity contribution is 5.99. The minimum Gasteiger partial charge on any atom is -0.305 e. The van der Waals surface area contributed by atoms with E-state index in [2.05, 4.69) is 10.4 Å². The van der Waals surface area contributed by atoms with Gasteiger partial charge >= 0.3 is 0 Å². The summed E-state index contributed by atoms with van der Waals surface area (Å²) in [5.41, 5.74) is 2.78. The number of halogens is 4. The monoisotopic (exact) mass is 496 g/mol. The summed E-state index contributed by atoms with van der Waals surface area (Å²) in [6.45, 7) is 0.609. The third kappa shape index (κ3) is 4.97. The number of nitrogens with zero attached hydrogens (tertiary/aromatic N) is 3. The lowest BCUT2D eigenvalue weighted by Gasteiger charge is -2.30. The molecule has 2 heterocycles. The first-order valence-corrected chi connectivity index (χ1v) is 11.6. The van der Waals surface area contributed by atoms with Gasteiger partial charge < -0.3 is 10.2 Å². The van der Waals surface area contributed by atoms with Gasteiger partial charge in [-0.15, -0.1) is 0 Å². The van der Waals surface area contributed by atoms with E-state index in [4.69, 9.17) is 0 Å². The van der Waals surface area contributed by atoms with Gasteiger partial charge in [0.15, 0.2) is 0 Å². The summed E-state index contributed by atoms with van der Waals surface area (Å²) in [4.78, 5) is 14.7. The summed E-state index contributed by atoms with van der Waals surface area (Å²) in [7, 11) is 0. The molecule has 4 aromatic rings. The molecular weight excluding hydrogens is 472 g/mol. The highest BCUT2D eigenvalue weighted by atomic mass is 19.3. The summed E-state index contributed by atoms with van der Waals surface area (Å²) in [5, 5.41) is 8.02. The van der Waals surface area contributed by atoms with Gasteiger partial charge in [-0.25, -0.2) is 17.6 Å². The van der Waals surface area contributed by atoms with Gasteiger partial charge in [0.2, 0.25) is 5.91 Å². The van der Waals surface area contributed by atoms with Gasteiger partial charge in [-0.1, -0.05) is 24.3 Å². The molecule has 1 amide bonds. The van der Waals surface area contributed by atoms with Crippen molar-refractivity contribution < 1.29 is 22.4 Å². The van der Waals surface area contributed by atoms with E-state index in [1.807, 2.05) is 18.2 Å². The lowest BCUT2D eigenvalue weighted by Crippen LogP contribution is -2.41. The minimum atomic E-state index is -2.95. The highest BCUT2D eigenvalue weighted by Gasteiger charge is 2.42. The zero-order valence-corrected chi connectivity index (χ0v) is 19.5. The van der Waals surface area contributed by atoms with Gasteiger partial charge in [-0.3, -0.25) is 9.48 Å². The Morgan fingerprint density at radius 2 is 1.81 bits per heavy atom. The van der Waals surface area contributed by atoms with Crippen molar-refractivity contribution in [1.29, 1.82) is 0 Å². The maximum absolute atomic E-state index is 13.6. The van der Waals surface area contributed by atoms with Crippen LogP contribution in [0.2, 0.25) is 0 Å². The average molecular weight is 497 g/mol. The first-order valence-electron chi connectivity index (χ1n) is 11.6. The van der Waals surface area contributed by atoms with Gasteiger partial charge in [-0.2, -0.15) is 5.10 Å². The molecule has 1 N–H and O–H groups in total. The third-order valence-electron chi connectivity index (χ3n) is 6.33. The predicted molar refractivity (Wildman–Crippen MR) is 129 cm³/mol. The summed E-state index contributed by atoms with van der Waals surface area (Å²) < 4.78 is 56.1. The zero-order valence-electron chi connectivity index (χ0n) is 19.5. The second-order valence-electron chi connectivity index (χ2n) is 9.20. The Balaban J connectivity index is 1.48. The number of fused-ring (bicyclic) bond motifs is 1. The van der Waals surface area contributed by atoms with Crippen LogP contribution in [0.1, 0.15) is 30.5 Å². The number of hydrogen-bond acceptors (Lipinski definition) is 3. The van der Waals surface area contributed by atoms with Crippen molar-refractivity contribution in [2.75, 3.05) is 11.4 Å². The van der Waals surface area contributed by atoms with Crippen molar-refractivity contribution in [3.05, 3.63) is 95.7 Å². The Morgan fingerprint density at radius 3 is 2.53 bits per heavy atom. The van der Waals surface area contributed by atoms with Crippen molar-refractivity contribution in [2.24, 2.45) is 0 Å². The number of alkyl halides is 2. The van der Waals surface area contributed by atoms with E-state index in [-0.39, 0.29) is 18.1 Å². The Bertz CT molecular complexity index is 1400. The quantitative estimate of drug-likeness (QED) is 0.346. The van der Waals surface area contributed by atoms with Crippen LogP contribution in [0.25, 0.3) is 10.9 Å².